The van der Waals surface area contributed by atoms with E-state index in [9.17, 15) is 22.3 Å². The van der Waals surface area contributed by atoms with E-state index >= 15 is 4.39 Å². The molecule has 1 heterocycles. The van der Waals surface area contributed by atoms with Gasteiger partial charge < -0.3 is 10.8 Å². The summed E-state index contributed by atoms with van der Waals surface area (Å²) in [6.07, 6.45) is 0.940. The Morgan fingerprint density at radius 1 is 1.11 bits per heavy atom. The first-order chi connectivity index (χ1) is 16.5. The molecule has 12 heteroatoms. The van der Waals surface area contributed by atoms with Crippen molar-refractivity contribution in [1.29, 1.82) is 0 Å². The number of nitrogen functional groups attached to an aromatic ring is 1. The number of aliphatic hydroxyl groups excluding tert-OH is 1. The minimum atomic E-state index is -4.38. The number of fused-ring (bicyclic) bond motifs is 2. The molecule has 1 atom stereocenters. The Kier molecular flexibility index (Phi) is 5.58. The number of sulfonamides is 1. The number of aromatic nitrogens is 2. The predicted molar refractivity (Wildman–Crippen MR) is 125 cm³/mol. The lowest BCUT2D eigenvalue weighted by Crippen LogP contribution is -2.16. The molecule has 0 aliphatic heterocycles. The van der Waals surface area contributed by atoms with E-state index in [1.807, 2.05) is 0 Å². The lowest BCUT2D eigenvalue weighted by Gasteiger charge is -2.15. The highest BCUT2D eigenvalue weighted by Crippen LogP contribution is 2.39. The van der Waals surface area contributed by atoms with Gasteiger partial charge in [0.05, 0.1) is 22.3 Å². The van der Waals surface area contributed by atoms with Crippen LogP contribution in [0, 0.1) is 17.5 Å². The Morgan fingerprint density at radius 3 is 2.66 bits per heavy atom. The molecular formula is C23H16ClF3N4O3S. The van der Waals surface area contributed by atoms with Crippen LogP contribution in [0.3, 0.4) is 0 Å². The molecule has 1 unspecified atom stereocenters. The smallest absolute Gasteiger partial charge is 0.262 e. The molecule has 0 spiro atoms. The van der Waals surface area contributed by atoms with Crippen molar-refractivity contribution in [3.8, 4) is 11.1 Å². The van der Waals surface area contributed by atoms with Crippen molar-refractivity contribution < 1.29 is 26.7 Å². The highest BCUT2D eigenvalue weighted by Gasteiger charge is 2.30. The van der Waals surface area contributed by atoms with E-state index in [-0.39, 0.29) is 38.8 Å². The summed E-state index contributed by atoms with van der Waals surface area (Å²) >= 11 is 6.05. The van der Waals surface area contributed by atoms with Crippen molar-refractivity contribution in [2.45, 2.75) is 23.8 Å². The van der Waals surface area contributed by atoms with Gasteiger partial charge in [0.1, 0.15) is 17.2 Å². The molecule has 4 aromatic rings. The fraction of sp³-hybridized carbons (Fsp3) is 0.130. The van der Waals surface area contributed by atoms with Crippen LogP contribution in [0.2, 0.25) is 5.02 Å². The van der Waals surface area contributed by atoms with Gasteiger partial charge in [-0.2, -0.15) is 0 Å². The summed E-state index contributed by atoms with van der Waals surface area (Å²) in [7, 11) is -4.38. The minimum Gasteiger partial charge on any atom is -0.388 e. The molecule has 0 radical (unpaired) electrons. The van der Waals surface area contributed by atoms with E-state index in [4.69, 9.17) is 17.3 Å². The van der Waals surface area contributed by atoms with Crippen molar-refractivity contribution in [2.24, 2.45) is 0 Å². The Hall–Kier alpha value is -3.41. The third-order valence-electron chi connectivity index (χ3n) is 5.80. The molecule has 4 N–H and O–H groups in total. The van der Waals surface area contributed by atoms with Crippen LogP contribution in [0.25, 0.3) is 22.0 Å². The maximum atomic E-state index is 15.5. The number of benzene rings is 3. The van der Waals surface area contributed by atoms with Gasteiger partial charge in [0.25, 0.3) is 10.0 Å². The largest absolute Gasteiger partial charge is 0.388 e. The normalized spacial score (nSPS) is 15.4. The van der Waals surface area contributed by atoms with Crippen LogP contribution in [0.4, 0.5) is 24.8 Å². The van der Waals surface area contributed by atoms with Gasteiger partial charge in [-0.25, -0.2) is 31.6 Å². The molecule has 1 aliphatic carbocycles. The highest BCUT2D eigenvalue weighted by atomic mass is 35.5. The van der Waals surface area contributed by atoms with Gasteiger partial charge in [0, 0.05) is 16.6 Å². The molecule has 0 saturated heterocycles. The number of nitrogens with one attached hydrogen (secondary N) is 1. The summed E-state index contributed by atoms with van der Waals surface area (Å²) < 4.78 is 73.3. The van der Waals surface area contributed by atoms with Crippen LogP contribution in [-0.2, 0) is 16.4 Å². The van der Waals surface area contributed by atoms with Crippen LogP contribution in [0.5, 0.6) is 0 Å². The molecule has 3 aromatic carbocycles. The van der Waals surface area contributed by atoms with Crippen molar-refractivity contribution >= 4 is 44.2 Å². The van der Waals surface area contributed by atoms with Crippen LogP contribution < -0.4 is 10.5 Å². The van der Waals surface area contributed by atoms with Gasteiger partial charge >= 0.3 is 0 Å². The molecular weight excluding hydrogens is 505 g/mol. The van der Waals surface area contributed by atoms with Crippen LogP contribution in [0.1, 0.15) is 23.7 Å². The third-order valence-corrected chi connectivity index (χ3v) is 7.45. The second-order valence-electron chi connectivity index (χ2n) is 8.04. The van der Waals surface area contributed by atoms with E-state index in [1.165, 1.54) is 24.4 Å². The minimum absolute atomic E-state index is 0.0832. The van der Waals surface area contributed by atoms with Gasteiger partial charge in [0.2, 0.25) is 5.95 Å². The third kappa shape index (κ3) is 4.05. The first kappa shape index (κ1) is 23.3. The molecule has 7 nitrogen and oxygen atoms in total. The zero-order valence-corrected chi connectivity index (χ0v) is 19.3. The number of nitrogens with two attached hydrogens (primary N) is 1. The van der Waals surface area contributed by atoms with Crippen molar-refractivity contribution in [1.82, 2.24) is 9.97 Å². The quantitative estimate of drug-likeness (QED) is 0.358. The van der Waals surface area contributed by atoms with E-state index in [1.54, 1.807) is 0 Å². The molecule has 35 heavy (non-hydrogen) atoms. The topological polar surface area (TPSA) is 118 Å². The molecule has 0 bridgehead atoms. The fourth-order valence-corrected chi connectivity index (χ4v) is 5.90. The second-order valence-corrected chi connectivity index (χ2v) is 10.1. The molecule has 5 rings (SSSR count). The summed E-state index contributed by atoms with van der Waals surface area (Å²) in [5.41, 5.74) is 4.71. The van der Waals surface area contributed by atoms with Crippen molar-refractivity contribution in [3.05, 3.63) is 76.2 Å². The van der Waals surface area contributed by atoms with Gasteiger partial charge in [0.15, 0.2) is 5.82 Å². The number of hydrogen-bond donors (Lipinski definition) is 3. The Labute approximate surface area is 202 Å². The van der Waals surface area contributed by atoms with Crippen molar-refractivity contribution in [3.63, 3.8) is 0 Å². The second kappa shape index (κ2) is 8.36. The average molecular weight is 521 g/mol. The molecule has 1 aromatic heterocycles. The molecule has 0 saturated carbocycles. The van der Waals surface area contributed by atoms with Crippen LogP contribution in [0.15, 0.2) is 47.5 Å². The number of anilines is 2. The van der Waals surface area contributed by atoms with E-state index in [0.717, 1.165) is 18.2 Å². The molecule has 180 valence electrons. The fourth-order valence-electron chi connectivity index (χ4n) is 4.23. The van der Waals surface area contributed by atoms with E-state index in [2.05, 4.69) is 14.7 Å². The lowest BCUT2D eigenvalue weighted by atomic mass is 10.0. The van der Waals surface area contributed by atoms with Crippen LogP contribution in [-0.4, -0.2) is 23.5 Å². The zero-order chi connectivity index (χ0) is 25.1. The van der Waals surface area contributed by atoms with Gasteiger partial charge in [-0.15, -0.1) is 0 Å². The summed E-state index contributed by atoms with van der Waals surface area (Å²) in [6.45, 7) is 0. The van der Waals surface area contributed by atoms with Gasteiger partial charge in [-0.1, -0.05) is 11.6 Å². The maximum Gasteiger partial charge on any atom is 0.262 e. The molecule has 1 aliphatic rings. The highest BCUT2D eigenvalue weighted by molar-refractivity contribution is 7.92. The van der Waals surface area contributed by atoms with E-state index < -0.39 is 44.8 Å². The standard InChI is InChI=1S/C23H16ClF3N4O3S/c24-12-7-14-13(1-4-18(14)32)19(8-12)35(33,34)31-17-3-2-15(25)20(21(17)27)10-5-11-9-29-23(28)30-22(11)16(26)6-10/h2-3,5-9,18,31-32H,1,4H2,(H2,28,29,30). The van der Waals surface area contributed by atoms with Gasteiger partial charge in [-0.05, 0) is 65.9 Å². The maximum absolute atomic E-state index is 15.5. The lowest BCUT2D eigenvalue weighted by molar-refractivity contribution is 0.180. The zero-order valence-electron chi connectivity index (χ0n) is 17.7. The van der Waals surface area contributed by atoms with E-state index in [0.29, 0.717) is 17.5 Å². The summed E-state index contributed by atoms with van der Waals surface area (Å²) in [6, 6.07) is 6.61. The monoisotopic (exact) mass is 520 g/mol. The summed E-state index contributed by atoms with van der Waals surface area (Å²) in [4.78, 5) is 7.33. The molecule has 0 fully saturated rings. The first-order valence-electron chi connectivity index (χ1n) is 10.3. The SMILES string of the molecule is Nc1ncc2cc(-c3c(F)ccc(NS(=O)(=O)c4cc(Cl)cc5c4CCC5O)c3F)cc(F)c2n1. The number of halogens is 4. The Bertz CT molecular complexity index is 1630. The van der Waals surface area contributed by atoms with Crippen molar-refractivity contribution in [2.75, 3.05) is 10.5 Å². The first-order valence-corrected chi connectivity index (χ1v) is 12.1. The molecule has 0 amide bonds. The Balaban J connectivity index is 1.60. The summed E-state index contributed by atoms with van der Waals surface area (Å²) in [5.74, 6) is -3.34. The number of aliphatic hydroxyl groups is 1. The number of rotatable bonds is 4. The predicted octanol–water partition coefficient (Wildman–Crippen LogP) is 4.73. The number of hydrogen-bond acceptors (Lipinski definition) is 6. The van der Waals surface area contributed by atoms with Gasteiger partial charge in [-0.3, -0.25) is 4.72 Å². The van der Waals surface area contributed by atoms with Crippen LogP contribution >= 0.6 is 11.6 Å². The summed E-state index contributed by atoms with van der Waals surface area (Å²) in [5, 5.41) is 10.3. The average Bonchev–Trinajstić information content (AvgIpc) is 3.16. The number of nitrogens with zero attached hydrogens (tertiary/aromatic N) is 2. The Morgan fingerprint density at radius 2 is 1.89 bits per heavy atom.